The Balaban J connectivity index is 1.45. The van der Waals surface area contributed by atoms with E-state index in [1.54, 1.807) is 25.4 Å². The number of hydrogen-bond acceptors (Lipinski definition) is 7. The van der Waals surface area contributed by atoms with Crippen molar-refractivity contribution in [3.8, 4) is 0 Å². The lowest BCUT2D eigenvalue weighted by Crippen LogP contribution is -2.37. The van der Waals surface area contributed by atoms with E-state index in [1.165, 1.54) is 26.6 Å². The van der Waals surface area contributed by atoms with Crippen LogP contribution in [-0.2, 0) is 16.0 Å². The maximum Gasteiger partial charge on any atom is 0.267 e. The number of thioether (sulfide) groups is 1. The first-order chi connectivity index (χ1) is 17.5. The van der Waals surface area contributed by atoms with Crippen LogP contribution in [0.5, 0.6) is 0 Å². The van der Waals surface area contributed by atoms with Crippen LogP contribution in [-0.4, -0.2) is 57.9 Å². The molecule has 3 aromatic rings. The van der Waals surface area contributed by atoms with Gasteiger partial charge in [0.25, 0.3) is 11.5 Å². The van der Waals surface area contributed by atoms with Gasteiger partial charge in [-0.25, -0.2) is 4.98 Å². The summed E-state index contributed by atoms with van der Waals surface area (Å²) >= 11 is 6.64. The van der Waals surface area contributed by atoms with Crippen LogP contribution in [0.25, 0.3) is 11.7 Å². The molecule has 5 rings (SSSR count). The number of rotatable bonds is 7. The zero-order valence-corrected chi connectivity index (χ0v) is 21.8. The number of aromatic nitrogens is 2. The lowest BCUT2D eigenvalue weighted by molar-refractivity contribution is -0.122. The molecular formula is C27H28N4O3S2. The van der Waals surface area contributed by atoms with Crippen molar-refractivity contribution >= 4 is 51.7 Å². The molecule has 9 heteroatoms. The number of nitrogens with zero attached hydrogens (tertiary/aromatic N) is 4. The summed E-state index contributed by atoms with van der Waals surface area (Å²) in [6.07, 6.45) is 6.47. The molecule has 0 saturated carbocycles. The molecule has 0 unspecified atom stereocenters. The molecule has 2 aliphatic heterocycles. The number of methoxy groups -OCH3 is 1. The smallest absolute Gasteiger partial charge is 0.267 e. The summed E-state index contributed by atoms with van der Waals surface area (Å²) in [6.45, 7) is 2.39. The molecule has 186 valence electrons. The highest BCUT2D eigenvalue weighted by molar-refractivity contribution is 8.26. The zero-order chi connectivity index (χ0) is 25.1. The van der Waals surface area contributed by atoms with Crippen LogP contribution in [0.3, 0.4) is 0 Å². The van der Waals surface area contributed by atoms with E-state index in [-0.39, 0.29) is 11.5 Å². The average molecular weight is 521 g/mol. The van der Waals surface area contributed by atoms with Crippen LogP contribution in [0.4, 0.5) is 5.82 Å². The molecule has 4 heterocycles. The number of ether oxygens (including phenoxy) is 1. The molecule has 1 amide bonds. The lowest BCUT2D eigenvalue weighted by atomic mass is 9.90. The number of carbonyl (C=O) groups excluding carboxylic acids is 1. The highest BCUT2D eigenvalue weighted by Crippen LogP contribution is 2.34. The molecule has 0 aliphatic carbocycles. The molecule has 0 bridgehead atoms. The molecule has 0 atom stereocenters. The van der Waals surface area contributed by atoms with Gasteiger partial charge in [-0.15, -0.1) is 0 Å². The molecule has 0 N–H and O–H groups in total. The summed E-state index contributed by atoms with van der Waals surface area (Å²) in [7, 11) is 1.59. The number of pyridine rings is 1. The summed E-state index contributed by atoms with van der Waals surface area (Å²) in [5, 5.41) is 0. The predicted molar refractivity (Wildman–Crippen MR) is 148 cm³/mol. The highest BCUT2D eigenvalue weighted by atomic mass is 32.2. The molecule has 7 nitrogen and oxygen atoms in total. The third-order valence-electron chi connectivity index (χ3n) is 6.70. The fourth-order valence-electron chi connectivity index (χ4n) is 4.76. The van der Waals surface area contributed by atoms with Crippen molar-refractivity contribution in [1.82, 2.24) is 14.3 Å². The molecule has 1 aromatic carbocycles. The molecule has 2 aromatic heterocycles. The number of thiocarbonyl (C=S) groups is 1. The van der Waals surface area contributed by atoms with Gasteiger partial charge in [0.2, 0.25) is 0 Å². The Hall–Kier alpha value is -3.01. The third-order valence-corrected chi connectivity index (χ3v) is 8.08. The first kappa shape index (κ1) is 24.7. The molecule has 2 fully saturated rings. The average Bonchev–Trinajstić information content (AvgIpc) is 3.17. The fourth-order valence-corrected chi connectivity index (χ4v) is 6.05. The Kier molecular flexibility index (Phi) is 7.50. The van der Waals surface area contributed by atoms with Crippen molar-refractivity contribution in [3.05, 3.63) is 81.1 Å². The summed E-state index contributed by atoms with van der Waals surface area (Å²) in [6, 6.07) is 16.1. The Labute approximate surface area is 219 Å². The largest absolute Gasteiger partial charge is 0.383 e. The number of hydrogen-bond donors (Lipinski definition) is 0. The summed E-state index contributed by atoms with van der Waals surface area (Å²) in [5.41, 5.74) is 2.18. The van der Waals surface area contributed by atoms with Crippen molar-refractivity contribution in [3.63, 3.8) is 0 Å². The van der Waals surface area contributed by atoms with Crippen molar-refractivity contribution in [1.29, 1.82) is 0 Å². The van der Waals surface area contributed by atoms with Gasteiger partial charge >= 0.3 is 0 Å². The first-order valence-corrected chi connectivity index (χ1v) is 13.3. The van der Waals surface area contributed by atoms with Gasteiger partial charge in [-0.3, -0.25) is 18.9 Å². The number of anilines is 1. The Morgan fingerprint density at radius 1 is 1.11 bits per heavy atom. The van der Waals surface area contributed by atoms with Gasteiger partial charge in [0.1, 0.15) is 15.8 Å². The third kappa shape index (κ3) is 5.09. The Bertz CT molecular complexity index is 1360. The van der Waals surface area contributed by atoms with E-state index >= 15 is 0 Å². The predicted octanol–water partition coefficient (Wildman–Crippen LogP) is 4.00. The zero-order valence-electron chi connectivity index (χ0n) is 20.1. The Morgan fingerprint density at radius 2 is 1.86 bits per heavy atom. The van der Waals surface area contributed by atoms with Crippen LogP contribution in [0.2, 0.25) is 0 Å². The van der Waals surface area contributed by atoms with Crippen LogP contribution in [0, 0.1) is 5.92 Å². The second-order valence-electron chi connectivity index (χ2n) is 9.03. The van der Waals surface area contributed by atoms with Gasteiger partial charge in [-0.2, -0.15) is 0 Å². The van der Waals surface area contributed by atoms with E-state index in [4.69, 9.17) is 21.9 Å². The van der Waals surface area contributed by atoms with Gasteiger partial charge in [0, 0.05) is 26.4 Å². The van der Waals surface area contributed by atoms with Crippen LogP contribution in [0.1, 0.15) is 24.0 Å². The molecule has 2 saturated heterocycles. The van der Waals surface area contributed by atoms with Crippen molar-refractivity contribution in [2.75, 3.05) is 38.3 Å². The van der Waals surface area contributed by atoms with Gasteiger partial charge < -0.3 is 9.64 Å². The number of carbonyl (C=O) groups is 1. The second-order valence-corrected chi connectivity index (χ2v) is 10.7. The van der Waals surface area contributed by atoms with Crippen molar-refractivity contribution < 1.29 is 9.53 Å². The standard InChI is InChI=1S/C27H28N4O3S2/c1-34-16-15-31-26(33)22(36-27(31)35)18-21-24(28-23-9-5-6-12-30(23)25(21)32)29-13-10-20(11-14-29)17-19-7-3-2-4-8-19/h2-9,12,18,20H,10-11,13-17H2,1H3. The van der Waals surface area contributed by atoms with E-state index in [0.29, 0.717) is 45.3 Å². The number of amides is 1. The fraction of sp³-hybridized carbons (Fsp3) is 0.333. The summed E-state index contributed by atoms with van der Waals surface area (Å²) < 4.78 is 7.12. The molecule has 36 heavy (non-hydrogen) atoms. The van der Waals surface area contributed by atoms with Crippen molar-refractivity contribution in [2.24, 2.45) is 5.92 Å². The molecule has 0 spiro atoms. The maximum absolute atomic E-state index is 13.6. The van der Waals surface area contributed by atoms with Crippen LogP contribution >= 0.6 is 24.0 Å². The van der Waals surface area contributed by atoms with Gasteiger partial charge in [0.15, 0.2) is 0 Å². The number of benzene rings is 1. The SMILES string of the molecule is COCCN1C(=O)C(=Cc2c(N3CCC(Cc4ccccc4)CC3)nc3ccccn3c2=O)SC1=S. The molecular weight excluding hydrogens is 492 g/mol. The number of fused-ring (bicyclic) bond motifs is 1. The van der Waals surface area contributed by atoms with E-state index in [1.807, 2.05) is 18.2 Å². The quantitative estimate of drug-likeness (QED) is 0.345. The van der Waals surface area contributed by atoms with Gasteiger partial charge in [-0.1, -0.05) is 60.4 Å². The summed E-state index contributed by atoms with van der Waals surface area (Å²) in [4.78, 5) is 35.7. The lowest BCUT2D eigenvalue weighted by Gasteiger charge is -2.33. The Morgan fingerprint density at radius 3 is 2.61 bits per heavy atom. The molecule has 2 aliphatic rings. The minimum atomic E-state index is -0.202. The van der Waals surface area contributed by atoms with Crippen LogP contribution in [0.15, 0.2) is 64.4 Å². The summed E-state index contributed by atoms with van der Waals surface area (Å²) in [5.74, 6) is 1.02. The van der Waals surface area contributed by atoms with E-state index in [2.05, 4.69) is 29.2 Å². The highest BCUT2D eigenvalue weighted by Gasteiger charge is 2.33. The topological polar surface area (TPSA) is 67.2 Å². The first-order valence-electron chi connectivity index (χ1n) is 12.1. The van der Waals surface area contributed by atoms with E-state index < -0.39 is 0 Å². The minimum Gasteiger partial charge on any atom is -0.383 e. The van der Waals surface area contributed by atoms with Crippen molar-refractivity contribution in [2.45, 2.75) is 19.3 Å². The maximum atomic E-state index is 13.6. The van der Waals surface area contributed by atoms with Crippen LogP contribution < -0.4 is 10.5 Å². The van der Waals surface area contributed by atoms with E-state index in [0.717, 1.165) is 32.4 Å². The van der Waals surface area contributed by atoms with Gasteiger partial charge in [0.05, 0.1) is 23.6 Å². The van der Waals surface area contributed by atoms with Gasteiger partial charge in [-0.05, 0) is 49.0 Å². The normalized spacial score (nSPS) is 18.1. The van der Waals surface area contributed by atoms with E-state index in [9.17, 15) is 9.59 Å². The minimum absolute atomic E-state index is 0.191. The molecule has 0 radical (unpaired) electrons. The second kappa shape index (κ2) is 10.9. The monoisotopic (exact) mass is 520 g/mol. The number of piperidine rings is 1.